The number of hydrogen-bond acceptors (Lipinski definition) is 2. The summed E-state index contributed by atoms with van der Waals surface area (Å²) < 4.78 is 6.37. The highest BCUT2D eigenvalue weighted by Crippen LogP contribution is 2.60. The molecule has 0 amide bonds. The predicted octanol–water partition coefficient (Wildman–Crippen LogP) is 12.9. The Bertz CT molecular complexity index is 2230. The minimum absolute atomic E-state index is 0.435. The fourth-order valence-electron chi connectivity index (χ4n) is 10.1. The van der Waals surface area contributed by atoms with Crippen molar-refractivity contribution in [1.29, 1.82) is 0 Å². The highest BCUT2D eigenvalue weighted by atomic mass is 16.3. The Labute approximate surface area is 282 Å². The van der Waals surface area contributed by atoms with Crippen LogP contribution in [0.2, 0.25) is 0 Å². The number of fused-ring (bicyclic) bond motifs is 3. The first-order valence-electron chi connectivity index (χ1n) is 17.8. The van der Waals surface area contributed by atoms with E-state index < -0.39 is 0 Å². The van der Waals surface area contributed by atoms with Crippen LogP contribution in [0.25, 0.3) is 44.2 Å². The summed E-state index contributed by atoms with van der Waals surface area (Å²) in [5.74, 6) is 2.89. The molecule has 4 aliphatic rings. The van der Waals surface area contributed by atoms with E-state index in [0.29, 0.717) is 5.41 Å². The zero-order chi connectivity index (χ0) is 31.7. The third-order valence-electron chi connectivity index (χ3n) is 11.8. The van der Waals surface area contributed by atoms with Crippen LogP contribution in [0.3, 0.4) is 0 Å². The first kappa shape index (κ1) is 28.0. The van der Waals surface area contributed by atoms with E-state index in [1.807, 2.05) is 12.1 Å². The van der Waals surface area contributed by atoms with Gasteiger partial charge in [-0.25, -0.2) is 0 Å². The van der Waals surface area contributed by atoms with Crippen molar-refractivity contribution in [3.63, 3.8) is 0 Å². The molecule has 1 heterocycles. The van der Waals surface area contributed by atoms with Gasteiger partial charge in [-0.1, -0.05) is 103 Å². The van der Waals surface area contributed by atoms with Crippen molar-refractivity contribution in [2.24, 2.45) is 17.8 Å². The highest BCUT2D eigenvalue weighted by molar-refractivity contribution is 6.06. The van der Waals surface area contributed by atoms with Gasteiger partial charge in [0, 0.05) is 33.8 Å². The summed E-state index contributed by atoms with van der Waals surface area (Å²) in [5.41, 5.74) is 12.1. The van der Waals surface area contributed by atoms with E-state index in [4.69, 9.17) is 4.42 Å². The monoisotopic (exact) mass is 621 g/mol. The van der Waals surface area contributed by atoms with E-state index in [-0.39, 0.29) is 0 Å². The fourth-order valence-corrected chi connectivity index (χ4v) is 10.1. The van der Waals surface area contributed by atoms with Crippen molar-refractivity contribution in [1.82, 2.24) is 0 Å². The number of hydrogen-bond donors (Lipinski definition) is 0. The van der Waals surface area contributed by atoms with Crippen LogP contribution in [0.1, 0.15) is 44.1 Å². The molecule has 4 fully saturated rings. The number of rotatable bonds is 6. The lowest BCUT2D eigenvalue weighted by molar-refractivity contribution is -0.00518. The van der Waals surface area contributed by atoms with E-state index >= 15 is 0 Å². The topological polar surface area (TPSA) is 16.4 Å². The Morgan fingerprint density at radius 3 is 1.79 bits per heavy atom. The standard InChI is InChI=1S/C46H39NO/c1-2-8-36(9-3-1)40-10-4-6-12-43(40)47(39-22-23-42-41-11-5-7-13-44(41)48-45(42)27-39)38-20-16-35(17-21-38)34-14-18-37(19-15-34)46-28-31-24-32(29-46)26-33(25-31)30-46/h1-23,27,31-33H,24-26,28-30H2. The maximum Gasteiger partial charge on any atom is 0.137 e. The summed E-state index contributed by atoms with van der Waals surface area (Å²) in [4.78, 5) is 2.37. The maximum absolute atomic E-state index is 6.37. The van der Waals surface area contributed by atoms with Gasteiger partial charge in [-0.2, -0.15) is 0 Å². The Morgan fingerprint density at radius 2 is 1.06 bits per heavy atom. The van der Waals surface area contributed by atoms with Crippen molar-refractivity contribution < 1.29 is 4.42 Å². The molecule has 4 saturated carbocycles. The molecule has 0 radical (unpaired) electrons. The normalized spacial score (nSPS) is 22.8. The minimum atomic E-state index is 0.435. The first-order valence-corrected chi connectivity index (χ1v) is 17.8. The molecular weight excluding hydrogens is 583 g/mol. The largest absolute Gasteiger partial charge is 0.456 e. The summed E-state index contributed by atoms with van der Waals surface area (Å²) in [6, 6.07) is 53.1. The second-order valence-electron chi connectivity index (χ2n) is 14.8. The third-order valence-corrected chi connectivity index (χ3v) is 11.8. The summed E-state index contributed by atoms with van der Waals surface area (Å²) in [6.07, 6.45) is 8.70. The van der Waals surface area contributed by atoms with Crippen molar-refractivity contribution in [2.75, 3.05) is 4.90 Å². The van der Waals surface area contributed by atoms with Gasteiger partial charge in [0.15, 0.2) is 0 Å². The van der Waals surface area contributed by atoms with E-state index in [9.17, 15) is 0 Å². The molecule has 2 nitrogen and oxygen atoms in total. The predicted molar refractivity (Wildman–Crippen MR) is 199 cm³/mol. The molecule has 4 aliphatic carbocycles. The first-order chi connectivity index (χ1) is 23.7. The van der Waals surface area contributed by atoms with Gasteiger partial charge >= 0.3 is 0 Å². The van der Waals surface area contributed by atoms with Crippen molar-refractivity contribution in [2.45, 2.75) is 43.9 Å². The van der Waals surface area contributed by atoms with Crippen LogP contribution in [-0.4, -0.2) is 0 Å². The van der Waals surface area contributed by atoms with Gasteiger partial charge in [0.05, 0.1) is 5.69 Å². The molecule has 0 N–H and O–H groups in total. The lowest BCUT2D eigenvalue weighted by Crippen LogP contribution is -2.48. The average molecular weight is 622 g/mol. The molecule has 2 heteroatoms. The van der Waals surface area contributed by atoms with Crippen LogP contribution in [0.5, 0.6) is 0 Å². The summed E-state index contributed by atoms with van der Waals surface area (Å²) in [7, 11) is 0. The molecule has 0 aliphatic heterocycles. The molecule has 0 atom stereocenters. The third kappa shape index (κ3) is 4.61. The Balaban J connectivity index is 1.03. The number of para-hydroxylation sites is 2. The fraction of sp³-hybridized carbons (Fsp3) is 0.217. The molecule has 6 aromatic carbocycles. The molecule has 0 spiro atoms. The molecule has 0 unspecified atom stereocenters. The van der Waals surface area contributed by atoms with Crippen LogP contribution in [0.4, 0.5) is 17.1 Å². The van der Waals surface area contributed by atoms with Crippen LogP contribution in [0, 0.1) is 17.8 Å². The van der Waals surface area contributed by atoms with Crippen molar-refractivity contribution >= 4 is 39.0 Å². The SMILES string of the molecule is c1ccc(-c2ccccc2N(c2ccc(-c3ccc(C45CC6CC(CC(C6)C4)C5)cc3)cc2)c2ccc3c(c2)oc2ccccc23)cc1. The van der Waals surface area contributed by atoms with E-state index in [1.54, 1.807) is 5.56 Å². The second-order valence-corrected chi connectivity index (χ2v) is 14.8. The Morgan fingerprint density at radius 1 is 0.479 bits per heavy atom. The summed E-state index contributed by atoms with van der Waals surface area (Å²) in [5, 5.41) is 2.28. The minimum Gasteiger partial charge on any atom is -0.456 e. The zero-order valence-corrected chi connectivity index (χ0v) is 27.2. The van der Waals surface area contributed by atoms with Crippen LogP contribution in [-0.2, 0) is 5.41 Å². The quantitative estimate of drug-likeness (QED) is 0.184. The number of benzene rings is 6. The second kappa shape index (κ2) is 11.0. The Kier molecular flexibility index (Phi) is 6.41. The smallest absolute Gasteiger partial charge is 0.137 e. The van der Waals surface area contributed by atoms with Crippen LogP contribution < -0.4 is 4.90 Å². The number of nitrogens with zero attached hydrogens (tertiary/aromatic N) is 1. The van der Waals surface area contributed by atoms with Gasteiger partial charge in [-0.05, 0) is 120 Å². The highest BCUT2D eigenvalue weighted by Gasteiger charge is 2.51. The van der Waals surface area contributed by atoms with E-state index in [2.05, 4.69) is 138 Å². The van der Waals surface area contributed by atoms with Gasteiger partial charge < -0.3 is 9.32 Å². The molecule has 48 heavy (non-hydrogen) atoms. The summed E-state index contributed by atoms with van der Waals surface area (Å²) >= 11 is 0. The van der Waals surface area contributed by atoms with Gasteiger partial charge in [-0.3, -0.25) is 0 Å². The molecule has 0 saturated heterocycles. The van der Waals surface area contributed by atoms with Crippen molar-refractivity contribution in [3.05, 3.63) is 151 Å². The molecule has 1 aromatic heterocycles. The maximum atomic E-state index is 6.37. The summed E-state index contributed by atoms with van der Waals surface area (Å²) in [6.45, 7) is 0. The van der Waals surface area contributed by atoms with Crippen molar-refractivity contribution in [3.8, 4) is 22.3 Å². The van der Waals surface area contributed by atoms with E-state index in [1.165, 1.54) is 60.8 Å². The molecular formula is C46H39NO. The lowest BCUT2D eigenvalue weighted by Gasteiger charge is -2.57. The van der Waals surface area contributed by atoms with Gasteiger partial charge in [0.2, 0.25) is 0 Å². The van der Waals surface area contributed by atoms with Gasteiger partial charge in [0.25, 0.3) is 0 Å². The molecule has 4 bridgehead atoms. The zero-order valence-electron chi connectivity index (χ0n) is 27.2. The van der Waals surface area contributed by atoms with Gasteiger partial charge in [-0.15, -0.1) is 0 Å². The van der Waals surface area contributed by atoms with Crippen LogP contribution in [0.15, 0.2) is 150 Å². The lowest BCUT2D eigenvalue weighted by atomic mass is 9.48. The van der Waals surface area contributed by atoms with E-state index in [0.717, 1.165) is 56.8 Å². The molecule has 7 aromatic rings. The van der Waals surface area contributed by atoms with Crippen LogP contribution >= 0.6 is 0 Å². The Hall–Kier alpha value is -5.08. The molecule has 11 rings (SSSR count). The number of furan rings is 1. The molecule has 234 valence electrons. The number of anilines is 3. The van der Waals surface area contributed by atoms with Gasteiger partial charge in [0.1, 0.15) is 11.2 Å². The average Bonchev–Trinajstić information content (AvgIpc) is 3.50.